The van der Waals surface area contributed by atoms with Crippen LogP contribution in [0, 0.1) is 0 Å². The van der Waals surface area contributed by atoms with Crippen molar-refractivity contribution in [1.82, 2.24) is 14.6 Å². The van der Waals surface area contributed by atoms with Gasteiger partial charge in [0.25, 0.3) is 5.56 Å². The number of benzene rings is 1. The molecule has 0 unspecified atom stereocenters. The number of ether oxygens (including phenoxy) is 2. The van der Waals surface area contributed by atoms with Gasteiger partial charge in [-0.2, -0.15) is 5.09 Å². The summed E-state index contributed by atoms with van der Waals surface area (Å²) in [5.41, 5.74) is -1.52. The van der Waals surface area contributed by atoms with Crippen LogP contribution in [0.5, 0.6) is 5.75 Å². The third-order valence-corrected chi connectivity index (χ3v) is 7.38. The molecule has 3 rings (SSSR count). The van der Waals surface area contributed by atoms with E-state index in [2.05, 4.69) is 5.09 Å². The molecule has 1 fully saturated rings. The van der Waals surface area contributed by atoms with Gasteiger partial charge in [-0.3, -0.25) is 23.7 Å². The Labute approximate surface area is 216 Å². The summed E-state index contributed by atoms with van der Waals surface area (Å²) in [5, 5.41) is 13.2. The number of nitrogens with one attached hydrogen (secondary N) is 2. The molecule has 1 aromatic heterocycles. The van der Waals surface area contributed by atoms with Crippen LogP contribution in [0.1, 0.15) is 27.0 Å². The summed E-state index contributed by atoms with van der Waals surface area (Å²) in [7, 11) is -4.27. The fourth-order valence-electron chi connectivity index (χ4n) is 3.22. The van der Waals surface area contributed by atoms with Crippen molar-refractivity contribution in [1.29, 1.82) is 0 Å². The molecule has 0 bridgehead atoms. The van der Waals surface area contributed by atoms with E-state index in [1.54, 1.807) is 32.0 Å². The molecule has 0 spiro atoms. The Morgan fingerprint density at radius 2 is 1.92 bits per heavy atom. The number of esters is 1. The molecule has 0 amide bonds. The second-order valence-electron chi connectivity index (χ2n) is 8.20. The summed E-state index contributed by atoms with van der Waals surface area (Å²) in [6.45, 7) is 4.17. The third-order valence-electron chi connectivity index (χ3n) is 4.92. The second kappa shape index (κ2) is 11.5. The van der Waals surface area contributed by atoms with Crippen LogP contribution in [0.2, 0.25) is 0 Å². The lowest BCUT2D eigenvalue weighted by Crippen LogP contribution is -2.41. The molecule has 2 heterocycles. The monoisotopic (exact) mass is 565 g/mol. The Balaban J connectivity index is 1.80. The van der Waals surface area contributed by atoms with E-state index in [4.69, 9.17) is 41.7 Å². The molecular formula is C21H26Cl2N3O9P. The molecule has 36 heavy (non-hydrogen) atoms. The molecule has 15 heteroatoms. The van der Waals surface area contributed by atoms with Crippen LogP contribution in [0.3, 0.4) is 0 Å². The van der Waals surface area contributed by atoms with Crippen LogP contribution < -0.4 is 20.9 Å². The molecule has 0 aliphatic carbocycles. The maximum atomic E-state index is 13.6. The van der Waals surface area contributed by atoms with Crippen LogP contribution in [-0.2, 0) is 23.4 Å². The summed E-state index contributed by atoms with van der Waals surface area (Å²) >= 11 is 12.6. The van der Waals surface area contributed by atoms with E-state index in [0.717, 1.165) is 16.8 Å². The minimum absolute atomic E-state index is 0.173. The van der Waals surface area contributed by atoms with Gasteiger partial charge in [0, 0.05) is 12.3 Å². The van der Waals surface area contributed by atoms with Gasteiger partial charge in [-0.15, -0.1) is 0 Å². The molecule has 5 atom stereocenters. The number of para-hydroxylation sites is 1. The van der Waals surface area contributed by atoms with Gasteiger partial charge in [0.15, 0.2) is 10.6 Å². The highest BCUT2D eigenvalue weighted by molar-refractivity contribution is 7.52. The molecule has 2 aromatic rings. The van der Waals surface area contributed by atoms with Crippen molar-refractivity contribution in [3.63, 3.8) is 0 Å². The predicted molar refractivity (Wildman–Crippen MR) is 130 cm³/mol. The van der Waals surface area contributed by atoms with E-state index in [1.807, 2.05) is 4.98 Å². The third kappa shape index (κ3) is 6.77. The topological polar surface area (TPSA) is 158 Å². The molecular weight excluding hydrogens is 540 g/mol. The number of hydrogen-bond donors (Lipinski definition) is 3. The minimum atomic E-state index is -4.27. The standard InChI is InChI=1S/C21H26Cl2N3O9P/c1-12(2)33-18(29)13(3)25-36(31,35-14-7-5-4-6-8-14)32-11-15-17(28)21(22,23)19(34-15)26-10-9-16(27)24-20(26)30/h4-10,12-13,15,17,19,28H,11H2,1-3H3,(H,25,31)(H,24,27,30)/t13-,15-,17-,19-,36+/m1/s1. The molecule has 198 valence electrons. The van der Waals surface area contributed by atoms with E-state index >= 15 is 0 Å². The van der Waals surface area contributed by atoms with Gasteiger partial charge in [-0.05, 0) is 32.9 Å². The van der Waals surface area contributed by atoms with Crippen LogP contribution in [-0.4, -0.2) is 55.9 Å². The zero-order valence-electron chi connectivity index (χ0n) is 19.5. The van der Waals surface area contributed by atoms with Crippen LogP contribution in [0.4, 0.5) is 0 Å². The first kappa shape index (κ1) is 28.4. The number of nitrogens with zero attached hydrogens (tertiary/aromatic N) is 1. The number of H-pyrrole nitrogens is 1. The predicted octanol–water partition coefficient (Wildman–Crippen LogP) is 2.10. The number of carbonyl (C=O) groups is 1. The minimum Gasteiger partial charge on any atom is -0.462 e. The SMILES string of the molecule is CC(C)OC(=O)[C@@H](C)N[P@](=O)(OC[C@H]1O[C@@H](n2ccc(=O)[nH]c2=O)C(Cl)(Cl)[C@@H]1O)Oc1ccccc1. The summed E-state index contributed by atoms with van der Waals surface area (Å²) in [6.07, 6.45) is -3.62. The van der Waals surface area contributed by atoms with Gasteiger partial charge in [-0.25, -0.2) is 9.36 Å². The van der Waals surface area contributed by atoms with E-state index in [0.29, 0.717) is 0 Å². The van der Waals surface area contributed by atoms with Crippen molar-refractivity contribution >= 4 is 36.9 Å². The normalized spacial score (nSPS) is 23.7. The highest BCUT2D eigenvalue weighted by atomic mass is 35.5. The quantitative estimate of drug-likeness (QED) is 0.221. The Kier molecular flexibility index (Phi) is 9.05. The van der Waals surface area contributed by atoms with E-state index < -0.39 is 66.5 Å². The maximum Gasteiger partial charge on any atom is 0.459 e. The Morgan fingerprint density at radius 1 is 1.25 bits per heavy atom. The van der Waals surface area contributed by atoms with Crippen molar-refractivity contribution in [2.45, 2.75) is 55.7 Å². The van der Waals surface area contributed by atoms with E-state index in [9.17, 15) is 24.1 Å². The maximum absolute atomic E-state index is 13.6. The van der Waals surface area contributed by atoms with Crippen LogP contribution in [0.15, 0.2) is 52.2 Å². The zero-order chi connectivity index (χ0) is 26.7. The number of aliphatic hydroxyl groups is 1. The number of aliphatic hydroxyl groups excluding tert-OH is 1. The highest BCUT2D eigenvalue weighted by Crippen LogP contribution is 2.49. The molecule has 1 aliphatic rings. The van der Waals surface area contributed by atoms with Gasteiger partial charge in [0.05, 0.1) is 12.7 Å². The summed E-state index contributed by atoms with van der Waals surface area (Å²) in [6, 6.07) is 8.01. The summed E-state index contributed by atoms with van der Waals surface area (Å²) < 4.78 is 34.3. The van der Waals surface area contributed by atoms with Crippen LogP contribution in [0.25, 0.3) is 0 Å². The van der Waals surface area contributed by atoms with Gasteiger partial charge >= 0.3 is 19.4 Å². The Morgan fingerprint density at radius 3 is 2.53 bits per heavy atom. The molecule has 1 saturated heterocycles. The average Bonchev–Trinajstić information content (AvgIpc) is 3.01. The molecule has 3 N–H and O–H groups in total. The number of aromatic amines is 1. The van der Waals surface area contributed by atoms with Gasteiger partial charge in [0.1, 0.15) is 24.0 Å². The van der Waals surface area contributed by atoms with Gasteiger partial charge in [0.2, 0.25) is 0 Å². The number of halogens is 2. The molecule has 0 saturated carbocycles. The number of alkyl halides is 2. The molecule has 12 nitrogen and oxygen atoms in total. The lowest BCUT2D eigenvalue weighted by atomic mass is 10.2. The van der Waals surface area contributed by atoms with Gasteiger partial charge in [-0.1, -0.05) is 41.4 Å². The first-order valence-electron chi connectivity index (χ1n) is 10.8. The lowest BCUT2D eigenvalue weighted by molar-refractivity contribution is -0.149. The van der Waals surface area contributed by atoms with Crippen molar-refractivity contribution < 1.29 is 33.0 Å². The number of aromatic nitrogens is 2. The second-order valence-corrected chi connectivity index (χ2v) is 11.3. The summed E-state index contributed by atoms with van der Waals surface area (Å²) in [4.78, 5) is 37.9. The molecule has 1 aromatic carbocycles. The van der Waals surface area contributed by atoms with Crippen molar-refractivity contribution in [2.75, 3.05) is 6.61 Å². The van der Waals surface area contributed by atoms with E-state index in [-0.39, 0.29) is 5.75 Å². The fourth-order valence-corrected chi connectivity index (χ4v) is 5.32. The highest BCUT2D eigenvalue weighted by Gasteiger charge is 2.56. The largest absolute Gasteiger partial charge is 0.462 e. The molecule has 1 aliphatic heterocycles. The fraction of sp³-hybridized carbons (Fsp3) is 0.476. The Bertz CT molecular complexity index is 1220. The number of hydrogen-bond acceptors (Lipinski definition) is 9. The zero-order valence-corrected chi connectivity index (χ0v) is 21.9. The lowest BCUT2D eigenvalue weighted by Gasteiger charge is -2.25. The van der Waals surface area contributed by atoms with Crippen LogP contribution >= 0.6 is 30.9 Å². The first-order valence-corrected chi connectivity index (χ1v) is 13.1. The van der Waals surface area contributed by atoms with Crippen molar-refractivity contribution in [2.24, 2.45) is 0 Å². The first-order chi connectivity index (χ1) is 16.8. The van der Waals surface area contributed by atoms with E-state index in [1.165, 1.54) is 19.1 Å². The smallest absolute Gasteiger partial charge is 0.459 e. The molecule has 0 radical (unpaired) electrons. The van der Waals surface area contributed by atoms with Gasteiger partial charge < -0.3 is 19.1 Å². The number of carbonyl (C=O) groups excluding carboxylic acids is 1. The van der Waals surface area contributed by atoms with Crippen molar-refractivity contribution in [3.05, 3.63) is 63.4 Å². The van der Waals surface area contributed by atoms with Crippen molar-refractivity contribution in [3.8, 4) is 5.75 Å². The number of rotatable bonds is 10. The average molecular weight is 566 g/mol. The summed E-state index contributed by atoms with van der Waals surface area (Å²) in [5.74, 6) is -0.520. The Hall–Kier alpha value is -2.18.